The second-order valence-corrected chi connectivity index (χ2v) is 3.95. The number of rotatable bonds is 7. The maximum atomic E-state index is 10.6. The van der Waals surface area contributed by atoms with Crippen molar-refractivity contribution in [2.75, 3.05) is 18.6 Å². The Morgan fingerprint density at radius 2 is 1.86 bits per heavy atom. The number of carbonyl (C=O) groups is 2. The highest BCUT2D eigenvalue weighted by atomic mass is 32.2. The van der Waals surface area contributed by atoms with E-state index in [4.69, 9.17) is 5.11 Å². The molecular formula is C9H17NO3S. The van der Waals surface area contributed by atoms with Crippen molar-refractivity contribution in [1.82, 2.24) is 5.32 Å². The number of hydrogen-bond donors (Lipinski definition) is 2. The van der Waals surface area contributed by atoms with Crippen LogP contribution >= 0.6 is 11.8 Å². The van der Waals surface area contributed by atoms with E-state index < -0.39 is 11.9 Å². The van der Waals surface area contributed by atoms with Gasteiger partial charge in [0.1, 0.15) is 0 Å². The fourth-order valence-corrected chi connectivity index (χ4v) is 1.50. The second kappa shape index (κ2) is 8.87. The van der Waals surface area contributed by atoms with Gasteiger partial charge in [0.2, 0.25) is 0 Å². The lowest BCUT2D eigenvalue weighted by Crippen LogP contribution is -2.31. The summed E-state index contributed by atoms with van der Waals surface area (Å²) < 4.78 is 0. The summed E-state index contributed by atoms with van der Waals surface area (Å²) in [6.45, 7) is 0.463. The summed E-state index contributed by atoms with van der Waals surface area (Å²) in [7, 11) is 0. The van der Waals surface area contributed by atoms with Crippen LogP contribution < -0.4 is 5.32 Å². The minimum absolute atomic E-state index is 0.463. The molecule has 0 atom stereocenters. The third-order valence-corrected chi connectivity index (χ3v) is 2.45. The molecule has 0 aliphatic carbocycles. The van der Waals surface area contributed by atoms with Crippen LogP contribution in [-0.4, -0.2) is 35.5 Å². The molecule has 0 radical (unpaired) electrons. The Morgan fingerprint density at radius 1 is 1.21 bits per heavy atom. The molecule has 0 aliphatic heterocycles. The molecule has 0 aromatic heterocycles. The monoisotopic (exact) mass is 219 g/mol. The number of unbranched alkanes of at least 4 members (excludes halogenated alkanes) is 3. The maximum Gasteiger partial charge on any atom is 0.394 e. The summed E-state index contributed by atoms with van der Waals surface area (Å²) in [6.07, 6.45) is 6.30. The van der Waals surface area contributed by atoms with Gasteiger partial charge in [-0.25, -0.2) is 4.79 Å². The van der Waals surface area contributed by atoms with Crippen molar-refractivity contribution in [3.8, 4) is 0 Å². The van der Waals surface area contributed by atoms with Gasteiger partial charge in [-0.05, 0) is 24.9 Å². The first-order chi connectivity index (χ1) is 6.68. The largest absolute Gasteiger partial charge is 0.474 e. The van der Waals surface area contributed by atoms with Crippen molar-refractivity contribution >= 4 is 23.6 Å². The average molecular weight is 219 g/mol. The van der Waals surface area contributed by atoms with Crippen LogP contribution in [0.25, 0.3) is 0 Å². The Kier molecular flexibility index (Phi) is 8.42. The first-order valence-electron chi connectivity index (χ1n) is 4.68. The Balaban J connectivity index is 3.13. The van der Waals surface area contributed by atoms with Gasteiger partial charge < -0.3 is 10.4 Å². The van der Waals surface area contributed by atoms with Crippen LogP contribution in [0.4, 0.5) is 0 Å². The third-order valence-electron chi connectivity index (χ3n) is 1.76. The zero-order chi connectivity index (χ0) is 10.8. The van der Waals surface area contributed by atoms with E-state index in [-0.39, 0.29) is 0 Å². The predicted octanol–water partition coefficient (Wildman–Crippen LogP) is 1.11. The molecule has 0 bridgehead atoms. The van der Waals surface area contributed by atoms with E-state index in [9.17, 15) is 9.59 Å². The molecular weight excluding hydrogens is 202 g/mol. The van der Waals surface area contributed by atoms with E-state index in [1.54, 1.807) is 0 Å². The zero-order valence-electron chi connectivity index (χ0n) is 8.41. The smallest absolute Gasteiger partial charge is 0.394 e. The minimum atomic E-state index is -1.41. The van der Waals surface area contributed by atoms with Crippen LogP contribution in [0.15, 0.2) is 0 Å². The van der Waals surface area contributed by atoms with Gasteiger partial charge in [-0.3, -0.25) is 4.79 Å². The van der Waals surface area contributed by atoms with Gasteiger partial charge >= 0.3 is 11.9 Å². The first-order valence-corrected chi connectivity index (χ1v) is 6.08. The minimum Gasteiger partial charge on any atom is -0.474 e. The maximum absolute atomic E-state index is 10.6. The van der Waals surface area contributed by atoms with E-state index in [0.29, 0.717) is 6.54 Å². The van der Waals surface area contributed by atoms with Crippen molar-refractivity contribution in [3.05, 3.63) is 0 Å². The fraction of sp³-hybridized carbons (Fsp3) is 0.778. The molecule has 0 saturated carbocycles. The number of carboxylic acids is 1. The average Bonchev–Trinajstić information content (AvgIpc) is 2.16. The van der Waals surface area contributed by atoms with Crippen LogP contribution in [0.3, 0.4) is 0 Å². The highest BCUT2D eigenvalue weighted by molar-refractivity contribution is 7.98. The third kappa shape index (κ3) is 7.91. The van der Waals surface area contributed by atoms with Crippen molar-refractivity contribution in [1.29, 1.82) is 0 Å². The van der Waals surface area contributed by atoms with E-state index >= 15 is 0 Å². The van der Waals surface area contributed by atoms with Gasteiger partial charge in [0.05, 0.1) is 0 Å². The lowest BCUT2D eigenvalue weighted by molar-refractivity contribution is -0.150. The number of carboxylic acid groups (broad SMARTS) is 1. The molecule has 5 heteroatoms. The van der Waals surface area contributed by atoms with E-state index in [2.05, 4.69) is 11.6 Å². The number of carbonyl (C=O) groups excluding carboxylic acids is 1. The Bertz CT molecular complexity index is 185. The number of nitrogens with one attached hydrogen (secondary N) is 1. The summed E-state index contributed by atoms with van der Waals surface area (Å²) >= 11 is 1.83. The number of aliphatic carboxylic acids is 1. The Morgan fingerprint density at radius 3 is 2.43 bits per heavy atom. The van der Waals surface area contributed by atoms with Gasteiger partial charge in [0, 0.05) is 6.54 Å². The standard InChI is InChI=1S/C9H17NO3S/c1-14-7-5-3-2-4-6-10-8(11)9(12)13/h2-7H2,1H3,(H,10,11)(H,12,13). The van der Waals surface area contributed by atoms with E-state index in [1.165, 1.54) is 12.2 Å². The van der Waals surface area contributed by atoms with Gasteiger partial charge in [-0.2, -0.15) is 11.8 Å². The van der Waals surface area contributed by atoms with Gasteiger partial charge in [-0.15, -0.1) is 0 Å². The topological polar surface area (TPSA) is 66.4 Å². The molecule has 0 aliphatic rings. The molecule has 0 saturated heterocycles. The lowest BCUT2D eigenvalue weighted by atomic mass is 10.2. The molecule has 0 unspecified atom stereocenters. The SMILES string of the molecule is CSCCCCCCNC(=O)C(=O)O. The quantitative estimate of drug-likeness (QED) is 0.497. The van der Waals surface area contributed by atoms with Gasteiger partial charge in [0.15, 0.2) is 0 Å². The van der Waals surface area contributed by atoms with Crippen molar-refractivity contribution in [2.45, 2.75) is 25.7 Å². The van der Waals surface area contributed by atoms with Gasteiger partial charge in [-0.1, -0.05) is 12.8 Å². The molecule has 0 fully saturated rings. The molecule has 82 valence electrons. The molecule has 0 aromatic rings. The van der Waals surface area contributed by atoms with Crippen LogP contribution in [-0.2, 0) is 9.59 Å². The fourth-order valence-electron chi connectivity index (χ4n) is 1.00. The van der Waals surface area contributed by atoms with Crippen molar-refractivity contribution in [2.24, 2.45) is 0 Å². The second-order valence-electron chi connectivity index (χ2n) is 2.97. The van der Waals surface area contributed by atoms with Crippen LogP contribution in [0.2, 0.25) is 0 Å². The number of hydrogen-bond acceptors (Lipinski definition) is 3. The molecule has 2 N–H and O–H groups in total. The molecule has 0 spiro atoms. The number of amides is 1. The predicted molar refractivity (Wildman–Crippen MR) is 57.5 cm³/mol. The summed E-state index contributed by atoms with van der Waals surface area (Å²) in [5.74, 6) is -1.15. The van der Waals surface area contributed by atoms with Crippen LogP contribution in [0, 0.1) is 0 Å². The van der Waals surface area contributed by atoms with Gasteiger partial charge in [0.25, 0.3) is 0 Å². The summed E-state index contributed by atoms with van der Waals surface area (Å²) in [4.78, 5) is 20.7. The van der Waals surface area contributed by atoms with Crippen LogP contribution in [0.1, 0.15) is 25.7 Å². The van der Waals surface area contributed by atoms with Crippen molar-refractivity contribution in [3.63, 3.8) is 0 Å². The van der Waals surface area contributed by atoms with Crippen LogP contribution in [0.5, 0.6) is 0 Å². The molecule has 0 rings (SSSR count). The number of thioether (sulfide) groups is 1. The molecule has 0 aromatic carbocycles. The van der Waals surface area contributed by atoms with E-state index in [1.807, 2.05) is 11.8 Å². The summed E-state index contributed by atoms with van der Waals surface area (Å²) in [6, 6.07) is 0. The molecule has 1 amide bonds. The molecule has 14 heavy (non-hydrogen) atoms. The van der Waals surface area contributed by atoms with E-state index in [0.717, 1.165) is 19.3 Å². The Labute approximate surface area is 88.4 Å². The molecule has 4 nitrogen and oxygen atoms in total. The highest BCUT2D eigenvalue weighted by Crippen LogP contribution is 2.03. The molecule has 0 heterocycles. The highest BCUT2D eigenvalue weighted by Gasteiger charge is 2.08. The normalized spacial score (nSPS) is 9.79. The Hall–Kier alpha value is -0.710. The summed E-state index contributed by atoms with van der Waals surface area (Å²) in [5, 5.41) is 10.6. The summed E-state index contributed by atoms with van der Waals surface area (Å²) in [5.41, 5.74) is 0. The first kappa shape index (κ1) is 13.3. The van der Waals surface area contributed by atoms with Crippen molar-refractivity contribution < 1.29 is 14.7 Å². The lowest BCUT2D eigenvalue weighted by Gasteiger charge is -2.01. The zero-order valence-corrected chi connectivity index (χ0v) is 9.23.